The lowest BCUT2D eigenvalue weighted by Gasteiger charge is -2.38. The third kappa shape index (κ3) is 9.97. The van der Waals surface area contributed by atoms with Crippen molar-refractivity contribution < 1.29 is 38.1 Å². The Balaban J connectivity index is 2.04. The molecule has 10 nitrogen and oxygen atoms in total. The van der Waals surface area contributed by atoms with Crippen LogP contribution in [0.1, 0.15) is 95.1 Å². The monoisotopic (exact) mass is 618 g/mol. The number of carbonyl (C=O) groups excluding carboxylic acids is 4. The van der Waals surface area contributed by atoms with Crippen molar-refractivity contribution in [1.29, 1.82) is 0 Å². The van der Waals surface area contributed by atoms with Gasteiger partial charge in [0.25, 0.3) is 0 Å². The summed E-state index contributed by atoms with van der Waals surface area (Å²) < 4.78 is 20.6. The maximum absolute atomic E-state index is 14.4. The first-order valence-corrected chi connectivity index (χ1v) is 16.0. The molecule has 2 amide bonds. The predicted octanol–water partition coefficient (Wildman–Crippen LogP) is 5.62. The Morgan fingerprint density at radius 2 is 1.74 bits per heavy atom. The number of nitrogens with zero attached hydrogens (tertiary/aromatic N) is 2. The highest BCUT2D eigenvalue weighted by Crippen LogP contribution is 2.37. The lowest BCUT2D eigenvalue weighted by atomic mass is 9.82. The second kappa shape index (κ2) is 15.6. The number of amides is 2. The number of anilines is 1. The summed E-state index contributed by atoms with van der Waals surface area (Å²) in [5, 5.41) is 0. The first kappa shape index (κ1) is 34.4. The van der Waals surface area contributed by atoms with E-state index in [1.807, 2.05) is 27.7 Å². The predicted molar refractivity (Wildman–Crippen MR) is 164 cm³/mol. The van der Waals surface area contributed by atoms with Crippen LogP contribution >= 0.6 is 11.3 Å². The Bertz CT molecular complexity index is 1190. The molecule has 2 aliphatic rings. The average molecular weight is 619 g/mol. The summed E-state index contributed by atoms with van der Waals surface area (Å²) in [6, 6.07) is 0.874. The summed E-state index contributed by atoms with van der Waals surface area (Å²) in [4.78, 5) is 57.5. The summed E-state index contributed by atoms with van der Waals surface area (Å²) in [6.45, 7) is 14.4. The summed E-state index contributed by atoms with van der Waals surface area (Å²) in [7, 11) is 0. The highest BCUT2D eigenvalue weighted by molar-refractivity contribution is 7.15. The van der Waals surface area contributed by atoms with Gasteiger partial charge in [0.15, 0.2) is 0 Å². The van der Waals surface area contributed by atoms with E-state index in [2.05, 4.69) is 18.8 Å². The molecule has 0 spiro atoms. The van der Waals surface area contributed by atoms with Crippen LogP contribution in [0.4, 0.5) is 10.5 Å². The molecule has 0 bridgehead atoms. The molecule has 2 heterocycles. The van der Waals surface area contributed by atoms with Crippen LogP contribution in [0.5, 0.6) is 0 Å². The van der Waals surface area contributed by atoms with E-state index in [9.17, 15) is 19.2 Å². The SMILES string of the molecule is CC[C@@H](C(=O)N1CCOCC1)N(C(=O)C1CCC(C)CC1)c1cc(C#CC(C)(C)C)sc1C(=O)OCOC(=O)OC(C)C. The molecule has 43 heavy (non-hydrogen) atoms. The smallest absolute Gasteiger partial charge is 0.431 e. The number of morpholine rings is 1. The molecule has 2 fully saturated rings. The van der Waals surface area contributed by atoms with E-state index in [1.165, 1.54) is 4.90 Å². The fraction of sp³-hybridized carbons (Fsp3) is 0.688. The number of rotatable bonds is 9. The van der Waals surface area contributed by atoms with Crippen LogP contribution < -0.4 is 4.90 Å². The van der Waals surface area contributed by atoms with E-state index in [-0.39, 0.29) is 33.7 Å². The zero-order valence-electron chi connectivity index (χ0n) is 26.5. The second-order valence-electron chi connectivity index (χ2n) is 12.5. The average Bonchev–Trinajstić information content (AvgIpc) is 3.38. The van der Waals surface area contributed by atoms with Crippen molar-refractivity contribution in [3.8, 4) is 11.8 Å². The van der Waals surface area contributed by atoms with E-state index in [0.717, 1.165) is 24.2 Å². The van der Waals surface area contributed by atoms with E-state index >= 15 is 0 Å². The molecule has 0 unspecified atom stereocenters. The second-order valence-corrected chi connectivity index (χ2v) is 13.5. The van der Waals surface area contributed by atoms with Crippen LogP contribution in [-0.2, 0) is 28.5 Å². The van der Waals surface area contributed by atoms with Crippen molar-refractivity contribution in [2.45, 2.75) is 92.7 Å². The van der Waals surface area contributed by atoms with Crippen molar-refractivity contribution in [2.75, 3.05) is 38.0 Å². The van der Waals surface area contributed by atoms with Gasteiger partial charge in [0.05, 0.1) is 29.9 Å². The van der Waals surface area contributed by atoms with Gasteiger partial charge in [-0.15, -0.1) is 11.3 Å². The van der Waals surface area contributed by atoms with Gasteiger partial charge in [-0.1, -0.05) is 25.7 Å². The molecule has 0 radical (unpaired) electrons. The molecule has 0 N–H and O–H groups in total. The van der Waals surface area contributed by atoms with Gasteiger partial charge >= 0.3 is 12.1 Å². The molecule has 1 aromatic heterocycles. The largest absolute Gasteiger partial charge is 0.511 e. The molecular formula is C32H46N2O8S. The lowest BCUT2D eigenvalue weighted by molar-refractivity contribution is -0.139. The maximum atomic E-state index is 14.4. The van der Waals surface area contributed by atoms with E-state index < -0.39 is 31.1 Å². The summed E-state index contributed by atoms with van der Waals surface area (Å²) in [5.74, 6) is 5.41. The van der Waals surface area contributed by atoms with Gasteiger partial charge in [0.1, 0.15) is 10.9 Å². The molecule has 0 aromatic carbocycles. The Labute approximate surface area is 259 Å². The maximum Gasteiger partial charge on any atom is 0.511 e. The zero-order valence-corrected chi connectivity index (χ0v) is 27.3. The van der Waals surface area contributed by atoms with Gasteiger partial charge in [-0.2, -0.15) is 0 Å². The van der Waals surface area contributed by atoms with Gasteiger partial charge < -0.3 is 23.8 Å². The molecule has 1 aliphatic heterocycles. The van der Waals surface area contributed by atoms with Crippen molar-refractivity contribution >= 4 is 41.0 Å². The van der Waals surface area contributed by atoms with Gasteiger partial charge in [-0.05, 0) is 78.7 Å². The van der Waals surface area contributed by atoms with Gasteiger partial charge in [0, 0.05) is 24.4 Å². The number of ether oxygens (including phenoxy) is 4. The Kier molecular flexibility index (Phi) is 12.5. The molecule has 238 valence electrons. The van der Waals surface area contributed by atoms with Crippen molar-refractivity contribution in [1.82, 2.24) is 4.90 Å². The quantitative estimate of drug-likeness (QED) is 0.199. The third-order valence-corrected chi connectivity index (χ3v) is 8.35. The molecular weight excluding hydrogens is 572 g/mol. The molecule has 1 saturated carbocycles. The van der Waals surface area contributed by atoms with Crippen molar-refractivity contribution in [3.63, 3.8) is 0 Å². The Morgan fingerprint density at radius 3 is 2.33 bits per heavy atom. The first-order valence-electron chi connectivity index (χ1n) is 15.2. The Hall–Kier alpha value is -3.10. The van der Waals surface area contributed by atoms with E-state index in [0.29, 0.717) is 56.4 Å². The van der Waals surface area contributed by atoms with Crippen LogP contribution in [0.2, 0.25) is 0 Å². The van der Waals surface area contributed by atoms with Crippen LogP contribution in [0, 0.1) is 29.1 Å². The Morgan fingerprint density at radius 1 is 1.09 bits per heavy atom. The van der Waals surface area contributed by atoms with E-state index in [1.54, 1.807) is 24.8 Å². The van der Waals surface area contributed by atoms with Crippen LogP contribution in [0.15, 0.2) is 6.07 Å². The number of carbonyl (C=O) groups is 4. The summed E-state index contributed by atoms with van der Waals surface area (Å²) >= 11 is 1.09. The minimum Gasteiger partial charge on any atom is -0.431 e. The molecule has 1 aromatic rings. The van der Waals surface area contributed by atoms with Crippen molar-refractivity contribution in [2.24, 2.45) is 17.3 Å². The standard InChI is InChI=1S/C32H46N2O8S/c1-8-25(29(36)33-15-17-39-18-16-33)34(28(35)23-11-9-22(4)10-12-23)26-19-24(13-14-32(5,6)7)43-27(26)30(37)40-20-41-31(38)42-21(2)3/h19,21-23,25H,8-12,15-18,20H2,1-7H3/t22?,23?,25-/m0/s1. The number of thiophene rings is 1. The fourth-order valence-electron chi connectivity index (χ4n) is 5.05. The zero-order chi connectivity index (χ0) is 31.7. The fourth-order valence-corrected chi connectivity index (χ4v) is 5.94. The summed E-state index contributed by atoms with van der Waals surface area (Å²) in [6.07, 6.45) is 2.26. The lowest BCUT2D eigenvalue weighted by Crippen LogP contribution is -2.55. The first-order chi connectivity index (χ1) is 20.3. The third-order valence-electron chi connectivity index (χ3n) is 7.33. The highest BCUT2D eigenvalue weighted by atomic mass is 32.1. The van der Waals surface area contributed by atoms with Gasteiger partial charge in [-0.25, -0.2) is 9.59 Å². The topological polar surface area (TPSA) is 112 Å². The molecule has 1 aliphatic carbocycles. The highest BCUT2D eigenvalue weighted by Gasteiger charge is 2.40. The van der Waals surface area contributed by atoms with Crippen molar-refractivity contribution in [3.05, 3.63) is 15.8 Å². The molecule has 1 atom stereocenters. The number of esters is 1. The minimum absolute atomic E-state index is 0.116. The van der Waals surface area contributed by atoms with Crippen LogP contribution in [0.25, 0.3) is 0 Å². The van der Waals surface area contributed by atoms with Crippen LogP contribution in [-0.4, -0.2) is 74.1 Å². The number of hydrogen-bond acceptors (Lipinski definition) is 9. The van der Waals surface area contributed by atoms with E-state index in [4.69, 9.17) is 18.9 Å². The molecule has 3 rings (SSSR count). The normalized spacial score (nSPS) is 19.6. The number of hydrogen-bond donors (Lipinski definition) is 0. The van der Waals surface area contributed by atoms with Gasteiger partial charge in [-0.3, -0.25) is 14.5 Å². The molecule has 1 saturated heterocycles. The summed E-state index contributed by atoms with van der Waals surface area (Å²) in [5.41, 5.74) is -0.0165. The van der Waals surface area contributed by atoms with Gasteiger partial charge in [0.2, 0.25) is 18.6 Å². The molecule has 11 heteroatoms. The minimum atomic E-state index is -0.962. The van der Waals surface area contributed by atoms with Crippen LogP contribution in [0.3, 0.4) is 0 Å².